The summed E-state index contributed by atoms with van der Waals surface area (Å²) >= 11 is 0. The topological polar surface area (TPSA) is 88.4 Å². The maximum Gasteiger partial charge on any atom is 0.287 e. The molecule has 2 atom stereocenters. The molecule has 0 aliphatic heterocycles. The van der Waals surface area contributed by atoms with Crippen molar-refractivity contribution in [3.63, 3.8) is 0 Å². The first-order chi connectivity index (χ1) is 10.6. The number of hydrogen-bond acceptors (Lipinski definition) is 4. The lowest BCUT2D eigenvalue weighted by Crippen LogP contribution is -2.41. The van der Waals surface area contributed by atoms with Gasteiger partial charge < -0.3 is 9.73 Å². The van der Waals surface area contributed by atoms with E-state index in [9.17, 15) is 13.2 Å². The minimum atomic E-state index is -3.77. The molecule has 1 aromatic heterocycles. The average Bonchev–Trinajstić information content (AvgIpc) is 2.89. The summed E-state index contributed by atoms with van der Waals surface area (Å²) in [5, 5.41) is 2.71. The van der Waals surface area contributed by atoms with Gasteiger partial charge in [0.2, 0.25) is 5.09 Å². The molecule has 1 fully saturated rings. The van der Waals surface area contributed by atoms with Gasteiger partial charge in [-0.2, -0.15) is 0 Å². The third kappa shape index (κ3) is 4.81. The van der Waals surface area contributed by atoms with E-state index in [4.69, 9.17) is 4.42 Å². The van der Waals surface area contributed by atoms with Crippen LogP contribution < -0.4 is 10.0 Å². The Labute approximate surface area is 138 Å². The van der Waals surface area contributed by atoms with Crippen molar-refractivity contribution in [2.75, 3.05) is 0 Å². The molecule has 2 rings (SSSR count). The van der Waals surface area contributed by atoms with Gasteiger partial charge in [0.25, 0.3) is 15.9 Å². The Hall–Kier alpha value is -1.34. The molecule has 0 unspecified atom stereocenters. The van der Waals surface area contributed by atoms with E-state index in [1.54, 1.807) is 20.8 Å². The predicted molar refractivity (Wildman–Crippen MR) is 87.7 cm³/mol. The Kier molecular flexibility index (Phi) is 5.20. The zero-order valence-electron chi connectivity index (χ0n) is 14.2. The highest BCUT2D eigenvalue weighted by Crippen LogP contribution is 2.24. The van der Waals surface area contributed by atoms with Crippen LogP contribution in [-0.4, -0.2) is 25.9 Å². The van der Waals surface area contributed by atoms with Crippen LogP contribution in [-0.2, 0) is 10.0 Å². The fraction of sp³-hybridized carbons (Fsp3) is 0.688. The van der Waals surface area contributed by atoms with Crippen molar-refractivity contribution in [1.82, 2.24) is 10.0 Å². The molecule has 1 aromatic rings. The lowest BCUT2D eigenvalue weighted by molar-refractivity contribution is 0.0876. The zero-order chi connectivity index (χ0) is 17.3. The average molecular weight is 342 g/mol. The molecule has 2 N–H and O–H groups in total. The van der Waals surface area contributed by atoms with E-state index in [2.05, 4.69) is 17.0 Å². The smallest absolute Gasteiger partial charge is 0.287 e. The minimum Gasteiger partial charge on any atom is -0.438 e. The van der Waals surface area contributed by atoms with Gasteiger partial charge in [0, 0.05) is 11.6 Å². The Morgan fingerprint density at radius 1 is 1.22 bits per heavy atom. The first kappa shape index (κ1) is 18.0. The second-order valence-electron chi connectivity index (χ2n) is 7.32. The Morgan fingerprint density at radius 3 is 2.48 bits per heavy atom. The number of sulfonamides is 1. The lowest BCUT2D eigenvalue weighted by Gasteiger charge is -2.29. The number of hydrogen-bond donors (Lipinski definition) is 2. The van der Waals surface area contributed by atoms with Crippen LogP contribution in [0.3, 0.4) is 0 Å². The molecule has 0 radical (unpaired) electrons. The van der Waals surface area contributed by atoms with Crippen LogP contribution in [0.25, 0.3) is 0 Å². The molecule has 1 aliphatic rings. The monoisotopic (exact) mass is 342 g/mol. The van der Waals surface area contributed by atoms with Gasteiger partial charge in [-0.25, -0.2) is 13.1 Å². The second-order valence-corrected chi connectivity index (χ2v) is 8.93. The van der Waals surface area contributed by atoms with Gasteiger partial charge in [-0.3, -0.25) is 4.79 Å². The van der Waals surface area contributed by atoms with Crippen molar-refractivity contribution in [3.8, 4) is 0 Å². The third-order valence-corrected chi connectivity index (χ3v) is 5.57. The van der Waals surface area contributed by atoms with E-state index in [1.807, 2.05) is 0 Å². The van der Waals surface area contributed by atoms with Crippen LogP contribution in [0.2, 0.25) is 0 Å². The van der Waals surface area contributed by atoms with Gasteiger partial charge in [-0.05, 0) is 51.7 Å². The summed E-state index contributed by atoms with van der Waals surface area (Å²) in [6.45, 7) is 7.35. The van der Waals surface area contributed by atoms with Crippen molar-refractivity contribution in [1.29, 1.82) is 0 Å². The van der Waals surface area contributed by atoms with Crippen LogP contribution in [0, 0.1) is 5.92 Å². The van der Waals surface area contributed by atoms with Crippen LogP contribution in [0.5, 0.6) is 0 Å². The number of amides is 1. The summed E-state index contributed by atoms with van der Waals surface area (Å²) in [6.07, 6.45) is 4.33. The van der Waals surface area contributed by atoms with Crippen molar-refractivity contribution in [3.05, 3.63) is 17.9 Å². The van der Waals surface area contributed by atoms with Gasteiger partial charge in [-0.15, -0.1) is 0 Å². The lowest BCUT2D eigenvalue weighted by atomic mass is 9.86. The van der Waals surface area contributed by atoms with Gasteiger partial charge in [-0.1, -0.05) is 19.8 Å². The van der Waals surface area contributed by atoms with E-state index in [-0.39, 0.29) is 22.8 Å². The molecule has 1 aliphatic carbocycles. The molecule has 0 aromatic carbocycles. The maximum absolute atomic E-state index is 12.3. The van der Waals surface area contributed by atoms with Crippen LogP contribution in [0.4, 0.5) is 0 Å². The molecule has 130 valence electrons. The molecule has 1 amide bonds. The van der Waals surface area contributed by atoms with Gasteiger partial charge in [0.1, 0.15) is 0 Å². The quantitative estimate of drug-likeness (QED) is 0.880. The van der Waals surface area contributed by atoms with Crippen molar-refractivity contribution < 1.29 is 17.6 Å². The summed E-state index contributed by atoms with van der Waals surface area (Å²) in [6, 6.07) is 2.84. The Balaban J connectivity index is 2.08. The normalized spacial score (nSPS) is 22.8. The minimum absolute atomic E-state index is 0.0251. The summed E-state index contributed by atoms with van der Waals surface area (Å²) in [5.74, 6) is 0.0893. The summed E-state index contributed by atoms with van der Waals surface area (Å²) < 4.78 is 32.1. The summed E-state index contributed by atoms with van der Waals surface area (Å²) in [7, 11) is -3.77. The number of rotatable bonds is 4. The van der Waals surface area contributed by atoms with E-state index in [0.717, 1.165) is 19.3 Å². The van der Waals surface area contributed by atoms with Gasteiger partial charge in [0.15, 0.2) is 5.76 Å². The van der Waals surface area contributed by atoms with E-state index < -0.39 is 15.6 Å². The molecular formula is C16H26N2O4S. The third-order valence-electron chi connectivity index (χ3n) is 3.94. The first-order valence-electron chi connectivity index (χ1n) is 8.03. The molecule has 1 saturated carbocycles. The van der Waals surface area contributed by atoms with Crippen molar-refractivity contribution in [2.24, 2.45) is 5.92 Å². The highest BCUT2D eigenvalue weighted by atomic mass is 32.2. The highest BCUT2D eigenvalue weighted by molar-refractivity contribution is 7.89. The maximum atomic E-state index is 12.3. The molecule has 7 heteroatoms. The zero-order valence-corrected chi connectivity index (χ0v) is 15.0. The summed E-state index contributed by atoms with van der Waals surface area (Å²) in [5.41, 5.74) is -0.619. The van der Waals surface area contributed by atoms with Crippen LogP contribution in [0.1, 0.15) is 63.9 Å². The first-order valence-corrected chi connectivity index (χ1v) is 9.51. The SMILES string of the molecule is C[C@@H]1CCCC[C@H]1NC(=O)c1ccc(S(=O)(=O)NC(C)(C)C)o1. The Bertz CT molecular complexity index is 658. The van der Waals surface area contributed by atoms with Crippen LogP contribution in [0.15, 0.2) is 21.6 Å². The largest absolute Gasteiger partial charge is 0.438 e. The molecule has 23 heavy (non-hydrogen) atoms. The number of furan rings is 1. The molecule has 0 bridgehead atoms. The molecule has 0 saturated heterocycles. The predicted octanol–water partition coefficient (Wildman–Crippen LogP) is 2.66. The summed E-state index contributed by atoms with van der Waals surface area (Å²) in [4.78, 5) is 12.3. The number of nitrogens with one attached hydrogen (secondary N) is 2. The van der Waals surface area contributed by atoms with E-state index >= 15 is 0 Å². The van der Waals surface area contributed by atoms with Crippen molar-refractivity contribution in [2.45, 2.75) is 70.1 Å². The second kappa shape index (κ2) is 6.65. The van der Waals surface area contributed by atoms with Gasteiger partial charge in [0.05, 0.1) is 0 Å². The number of carbonyl (C=O) groups is 1. The van der Waals surface area contributed by atoms with E-state index in [0.29, 0.717) is 5.92 Å². The Morgan fingerprint density at radius 2 is 1.87 bits per heavy atom. The van der Waals surface area contributed by atoms with Crippen molar-refractivity contribution >= 4 is 15.9 Å². The molecule has 1 heterocycles. The molecule has 0 spiro atoms. The molecule has 6 nitrogen and oxygen atoms in total. The molecular weight excluding hydrogens is 316 g/mol. The standard InChI is InChI=1S/C16H26N2O4S/c1-11-7-5-6-8-12(11)17-15(19)13-9-10-14(22-13)23(20,21)18-16(2,3)4/h9-12,18H,5-8H2,1-4H3,(H,17,19)/t11-,12-/m1/s1. The number of carbonyl (C=O) groups excluding carboxylic acids is 1. The van der Waals surface area contributed by atoms with E-state index in [1.165, 1.54) is 18.6 Å². The van der Waals surface area contributed by atoms with Crippen LogP contribution >= 0.6 is 0 Å². The fourth-order valence-corrected chi connectivity index (χ4v) is 4.16. The van der Waals surface area contributed by atoms with Gasteiger partial charge >= 0.3 is 0 Å². The fourth-order valence-electron chi connectivity index (χ4n) is 2.81. The highest BCUT2D eigenvalue weighted by Gasteiger charge is 2.28.